The first kappa shape index (κ1) is 24.8. The highest BCUT2D eigenvalue weighted by molar-refractivity contribution is 5.99. The van der Waals surface area contributed by atoms with Crippen LogP contribution in [-0.4, -0.2) is 30.2 Å². The zero-order valence-electron chi connectivity index (χ0n) is 19.2. The molecule has 0 heterocycles. The standard InChI is InChI=1S/C25H30N2O5/c1-16-6-8-18(9-7-16)21(26-17(2)28)14-23(30)32-15-22(29)19-10-12-20(13-11-19)27-24(31)25(3,4)5/h6-13,21H,14-15H2,1-5H3,(H,26,28)(H,27,31). The van der Waals surface area contributed by atoms with Gasteiger partial charge in [0, 0.05) is 23.6 Å². The molecule has 0 spiro atoms. The molecule has 0 aliphatic heterocycles. The van der Waals surface area contributed by atoms with Gasteiger partial charge in [-0.3, -0.25) is 19.2 Å². The van der Waals surface area contributed by atoms with Gasteiger partial charge >= 0.3 is 5.97 Å². The second-order valence-electron chi connectivity index (χ2n) is 8.73. The number of ketones is 1. The van der Waals surface area contributed by atoms with Crippen LogP contribution in [0.3, 0.4) is 0 Å². The largest absolute Gasteiger partial charge is 0.457 e. The van der Waals surface area contributed by atoms with E-state index in [0.29, 0.717) is 11.3 Å². The van der Waals surface area contributed by atoms with Gasteiger partial charge in [0.15, 0.2) is 12.4 Å². The van der Waals surface area contributed by atoms with Crippen molar-refractivity contribution in [2.45, 2.75) is 47.1 Å². The van der Waals surface area contributed by atoms with Crippen LogP contribution in [0.15, 0.2) is 48.5 Å². The molecular weight excluding hydrogens is 408 g/mol. The van der Waals surface area contributed by atoms with Gasteiger partial charge in [0.25, 0.3) is 0 Å². The molecule has 2 rings (SSSR count). The number of nitrogens with one attached hydrogen (secondary N) is 2. The Morgan fingerprint density at radius 1 is 0.938 bits per heavy atom. The van der Waals surface area contributed by atoms with Crippen molar-refractivity contribution in [2.75, 3.05) is 11.9 Å². The number of benzene rings is 2. The number of esters is 1. The van der Waals surface area contributed by atoms with Crippen molar-refractivity contribution in [3.8, 4) is 0 Å². The van der Waals surface area contributed by atoms with Crippen LogP contribution in [0.5, 0.6) is 0 Å². The molecule has 0 aliphatic rings. The molecule has 0 aliphatic carbocycles. The van der Waals surface area contributed by atoms with E-state index in [-0.39, 0.29) is 24.0 Å². The first-order valence-corrected chi connectivity index (χ1v) is 10.4. The van der Waals surface area contributed by atoms with Crippen molar-refractivity contribution in [2.24, 2.45) is 5.41 Å². The summed E-state index contributed by atoms with van der Waals surface area (Å²) in [5.41, 5.74) is 2.25. The Bertz CT molecular complexity index is 973. The number of carbonyl (C=O) groups is 4. The van der Waals surface area contributed by atoms with Gasteiger partial charge in [0.2, 0.25) is 11.8 Å². The SMILES string of the molecule is CC(=O)NC(CC(=O)OCC(=O)c1ccc(NC(=O)C(C)(C)C)cc1)c1ccc(C)cc1. The third-order valence-corrected chi connectivity index (χ3v) is 4.74. The van der Waals surface area contributed by atoms with Gasteiger partial charge in [-0.05, 0) is 36.8 Å². The average molecular weight is 439 g/mol. The fourth-order valence-electron chi connectivity index (χ4n) is 2.81. The minimum absolute atomic E-state index is 0.0896. The summed E-state index contributed by atoms with van der Waals surface area (Å²) in [6.45, 7) is 8.34. The Balaban J connectivity index is 1.93. The third-order valence-electron chi connectivity index (χ3n) is 4.74. The number of aryl methyl sites for hydroxylation is 1. The molecule has 2 amide bonds. The van der Waals surface area contributed by atoms with E-state index in [1.807, 2.05) is 52.0 Å². The third kappa shape index (κ3) is 7.65. The predicted molar refractivity (Wildman–Crippen MR) is 122 cm³/mol. The Morgan fingerprint density at radius 2 is 1.53 bits per heavy atom. The molecule has 0 radical (unpaired) electrons. The second kappa shape index (κ2) is 10.7. The van der Waals surface area contributed by atoms with Crippen LogP contribution in [0, 0.1) is 12.3 Å². The topological polar surface area (TPSA) is 102 Å². The molecule has 0 aromatic heterocycles. The molecule has 32 heavy (non-hydrogen) atoms. The maximum atomic E-state index is 12.4. The molecule has 0 saturated carbocycles. The minimum Gasteiger partial charge on any atom is -0.457 e. The lowest BCUT2D eigenvalue weighted by atomic mass is 9.95. The van der Waals surface area contributed by atoms with E-state index < -0.39 is 24.0 Å². The average Bonchev–Trinajstić information content (AvgIpc) is 2.71. The first-order chi connectivity index (χ1) is 15.0. The van der Waals surface area contributed by atoms with Crippen molar-refractivity contribution in [3.05, 3.63) is 65.2 Å². The van der Waals surface area contributed by atoms with E-state index in [2.05, 4.69) is 10.6 Å². The van der Waals surface area contributed by atoms with Crippen molar-refractivity contribution in [1.29, 1.82) is 0 Å². The Hall–Kier alpha value is -3.48. The van der Waals surface area contributed by atoms with E-state index in [0.717, 1.165) is 11.1 Å². The summed E-state index contributed by atoms with van der Waals surface area (Å²) < 4.78 is 5.15. The molecule has 2 aromatic carbocycles. The van der Waals surface area contributed by atoms with E-state index in [1.165, 1.54) is 6.92 Å². The number of hydrogen-bond donors (Lipinski definition) is 2. The van der Waals surface area contributed by atoms with E-state index in [1.54, 1.807) is 24.3 Å². The van der Waals surface area contributed by atoms with Gasteiger partial charge in [-0.25, -0.2) is 0 Å². The van der Waals surface area contributed by atoms with Crippen molar-refractivity contribution in [3.63, 3.8) is 0 Å². The molecule has 0 saturated heterocycles. The highest BCUT2D eigenvalue weighted by Gasteiger charge is 2.22. The van der Waals surface area contributed by atoms with E-state index in [4.69, 9.17) is 4.74 Å². The molecule has 1 atom stereocenters. The van der Waals surface area contributed by atoms with E-state index in [9.17, 15) is 19.2 Å². The number of hydrogen-bond acceptors (Lipinski definition) is 5. The van der Waals surface area contributed by atoms with Crippen LogP contribution >= 0.6 is 0 Å². The molecule has 170 valence electrons. The minimum atomic E-state index is -0.591. The van der Waals surface area contributed by atoms with Crippen molar-refractivity contribution < 1.29 is 23.9 Å². The Morgan fingerprint density at radius 3 is 2.06 bits per heavy atom. The van der Waals surface area contributed by atoms with Gasteiger partial charge in [-0.1, -0.05) is 50.6 Å². The number of amides is 2. The summed E-state index contributed by atoms with van der Waals surface area (Å²) in [6, 6.07) is 13.3. The number of anilines is 1. The summed E-state index contributed by atoms with van der Waals surface area (Å²) in [5.74, 6) is -1.35. The predicted octanol–water partition coefficient (Wildman–Crippen LogP) is 3.97. The maximum Gasteiger partial charge on any atom is 0.308 e. The molecule has 7 heteroatoms. The maximum absolute atomic E-state index is 12.4. The number of rotatable bonds is 8. The van der Waals surface area contributed by atoms with Crippen LogP contribution in [0.4, 0.5) is 5.69 Å². The van der Waals surface area contributed by atoms with Gasteiger partial charge in [0.1, 0.15) is 0 Å². The summed E-state index contributed by atoms with van der Waals surface area (Å²) in [4.78, 5) is 48.3. The highest BCUT2D eigenvalue weighted by atomic mass is 16.5. The van der Waals surface area contributed by atoms with Crippen LogP contribution < -0.4 is 10.6 Å². The molecule has 2 aromatic rings. The zero-order valence-corrected chi connectivity index (χ0v) is 19.2. The van der Waals surface area contributed by atoms with Gasteiger partial charge in [0.05, 0.1) is 12.5 Å². The molecule has 0 fully saturated rings. The van der Waals surface area contributed by atoms with Gasteiger partial charge < -0.3 is 15.4 Å². The molecule has 7 nitrogen and oxygen atoms in total. The molecule has 2 N–H and O–H groups in total. The quantitative estimate of drug-likeness (QED) is 0.480. The molecule has 0 bridgehead atoms. The summed E-state index contributed by atoms with van der Waals surface area (Å²) in [5, 5.41) is 5.52. The summed E-state index contributed by atoms with van der Waals surface area (Å²) in [6.07, 6.45) is -0.0896. The monoisotopic (exact) mass is 438 g/mol. The zero-order chi connectivity index (χ0) is 23.9. The van der Waals surface area contributed by atoms with Crippen molar-refractivity contribution in [1.82, 2.24) is 5.32 Å². The van der Waals surface area contributed by atoms with Gasteiger partial charge in [-0.2, -0.15) is 0 Å². The number of Topliss-reactive ketones (excluding diaryl/α,β-unsaturated/α-hetero) is 1. The lowest BCUT2D eigenvalue weighted by Crippen LogP contribution is -2.29. The summed E-state index contributed by atoms with van der Waals surface area (Å²) >= 11 is 0. The van der Waals surface area contributed by atoms with Crippen LogP contribution in [0.2, 0.25) is 0 Å². The highest BCUT2D eigenvalue weighted by Crippen LogP contribution is 2.19. The summed E-state index contributed by atoms with van der Waals surface area (Å²) in [7, 11) is 0. The Kier molecular flexibility index (Phi) is 8.29. The molecular formula is C25H30N2O5. The smallest absolute Gasteiger partial charge is 0.308 e. The fraction of sp³-hybridized carbons (Fsp3) is 0.360. The van der Waals surface area contributed by atoms with E-state index >= 15 is 0 Å². The van der Waals surface area contributed by atoms with Crippen LogP contribution in [-0.2, 0) is 19.1 Å². The normalized spacial score (nSPS) is 11.9. The lowest BCUT2D eigenvalue weighted by molar-refractivity contribution is -0.143. The molecule has 1 unspecified atom stereocenters. The van der Waals surface area contributed by atoms with Gasteiger partial charge in [-0.15, -0.1) is 0 Å². The first-order valence-electron chi connectivity index (χ1n) is 10.4. The Labute approximate surface area is 188 Å². The number of ether oxygens (including phenoxy) is 1. The van der Waals surface area contributed by atoms with Crippen molar-refractivity contribution >= 4 is 29.3 Å². The van der Waals surface area contributed by atoms with Crippen LogP contribution in [0.1, 0.15) is 61.6 Å². The lowest BCUT2D eigenvalue weighted by Gasteiger charge is -2.18. The second-order valence-corrected chi connectivity index (χ2v) is 8.73. The van der Waals surface area contributed by atoms with Crippen LogP contribution in [0.25, 0.3) is 0 Å². The number of carbonyl (C=O) groups excluding carboxylic acids is 4. The fourth-order valence-corrected chi connectivity index (χ4v) is 2.81.